The van der Waals surface area contributed by atoms with Crippen molar-refractivity contribution in [3.8, 4) is 0 Å². The van der Waals surface area contributed by atoms with E-state index in [1.54, 1.807) is 24.3 Å². The lowest BCUT2D eigenvalue weighted by molar-refractivity contribution is -0.123. The predicted molar refractivity (Wildman–Crippen MR) is 87.4 cm³/mol. The summed E-state index contributed by atoms with van der Waals surface area (Å²) in [4.78, 5) is 11.9. The van der Waals surface area contributed by atoms with Gasteiger partial charge in [0.25, 0.3) is 0 Å². The number of rotatable bonds is 6. The molecule has 2 rings (SSSR count). The van der Waals surface area contributed by atoms with Gasteiger partial charge in [-0.2, -0.15) is 0 Å². The first-order valence-corrected chi connectivity index (χ1v) is 7.45. The molecule has 0 radical (unpaired) electrons. The number of benzene rings is 2. The smallest absolute Gasteiger partial charge is 0.223 e. The Hall–Kier alpha value is -1.88. The first-order valence-electron chi connectivity index (χ1n) is 7.07. The van der Waals surface area contributed by atoms with Crippen molar-refractivity contribution < 1.29 is 9.90 Å². The van der Waals surface area contributed by atoms with Crippen LogP contribution in [-0.2, 0) is 4.79 Å². The quantitative estimate of drug-likeness (QED) is 0.766. The van der Waals surface area contributed by atoms with Gasteiger partial charge in [0, 0.05) is 17.6 Å². The molecule has 22 heavy (non-hydrogen) atoms. The molecule has 116 valence electrons. The highest BCUT2D eigenvalue weighted by Crippen LogP contribution is 2.19. The van der Waals surface area contributed by atoms with Crippen molar-refractivity contribution in [1.82, 2.24) is 5.32 Å². The minimum atomic E-state index is -0.856. The molecule has 0 aliphatic heterocycles. The second-order valence-electron chi connectivity index (χ2n) is 5.09. The normalized spacial score (nSPS) is 13.4. The van der Waals surface area contributed by atoms with Gasteiger partial charge in [-0.05, 0) is 23.3 Å². The van der Waals surface area contributed by atoms with Crippen molar-refractivity contribution in [3.05, 3.63) is 70.7 Å². The third-order valence-corrected chi connectivity index (χ3v) is 3.63. The molecule has 5 heteroatoms. The van der Waals surface area contributed by atoms with Crippen molar-refractivity contribution in [2.75, 3.05) is 6.54 Å². The first-order chi connectivity index (χ1) is 10.6. The molecule has 0 fully saturated rings. The number of carbonyl (C=O) groups is 1. The van der Waals surface area contributed by atoms with E-state index >= 15 is 0 Å². The van der Waals surface area contributed by atoms with Crippen molar-refractivity contribution >= 4 is 17.5 Å². The second-order valence-corrected chi connectivity index (χ2v) is 5.53. The summed E-state index contributed by atoms with van der Waals surface area (Å²) in [5.41, 5.74) is 7.63. The summed E-state index contributed by atoms with van der Waals surface area (Å²) in [5.74, 6) is -0.242. The highest BCUT2D eigenvalue weighted by atomic mass is 35.5. The molecule has 2 aromatic carbocycles. The lowest BCUT2D eigenvalue weighted by Gasteiger charge is -2.15. The van der Waals surface area contributed by atoms with Gasteiger partial charge in [-0.1, -0.05) is 54.1 Å². The topological polar surface area (TPSA) is 75.3 Å². The van der Waals surface area contributed by atoms with Crippen LogP contribution >= 0.6 is 11.6 Å². The Morgan fingerprint density at radius 1 is 1.09 bits per heavy atom. The van der Waals surface area contributed by atoms with Gasteiger partial charge in [0.1, 0.15) is 0 Å². The Labute approximate surface area is 134 Å². The molecule has 0 aliphatic rings. The summed E-state index contributed by atoms with van der Waals surface area (Å²) < 4.78 is 0. The van der Waals surface area contributed by atoms with Crippen molar-refractivity contribution in [3.63, 3.8) is 0 Å². The molecule has 2 atom stereocenters. The maximum absolute atomic E-state index is 11.9. The summed E-state index contributed by atoms with van der Waals surface area (Å²) in [6, 6.07) is 16.1. The molecule has 0 saturated carbocycles. The standard InChI is InChI=1S/C17H19ClN2O2/c18-14-8-6-13(7-9-14)16(21)10-17(22)20-11-15(19)12-4-2-1-3-5-12/h1-9,15-16,21H,10-11,19H2,(H,20,22)/t15-,16?/m1/s1. The molecule has 0 saturated heterocycles. The summed E-state index contributed by atoms with van der Waals surface area (Å²) in [5, 5.41) is 13.4. The summed E-state index contributed by atoms with van der Waals surface area (Å²) in [7, 11) is 0. The van der Waals surface area contributed by atoms with Crippen LogP contribution < -0.4 is 11.1 Å². The molecule has 0 aliphatic carbocycles. The van der Waals surface area contributed by atoms with Crippen LogP contribution in [0.15, 0.2) is 54.6 Å². The van der Waals surface area contributed by atoms with E-state index in [2.05, 4.69) is 5.32 Å². The van der Waals surface area contributed by atoms with Gasteiger partial charge in [-0.25, -0.2) is 0 Å². The van der Waals surface area contributed by atoms with Crippen LogP contribution in [0, 0.1) is 0 Å². The van der Waals surface area contributed by atoms with Gasteiger partial charge in [-0.15, -0.1) is 0 Å². The van der Waals surface area contributed by atoms with Crippen LogP contribution in [0.2, 0.25) is 5.02 Å². The van der Waals surface area contributed by atoms with Gasteiger partial charge in [0.15, 0.2) is 0 Å². The van der Waals surface area contributed by atoms with Crippen LogP contribution in [0.4, 0.5) is 0 Å². The van der Waals surface area contributed by atoms with E-state index < -0.39 is 6.10 Å². The maximum Gasteiger partial charge on any atom is 0.223 e. The minimum Gasteiger partial charge on any atom is -0.388 e. The molecule has 1 amide bonds. The SMILES string of the molecule is N[C@H](CNC(=O)CC(O)c1ccc(Cl)cc1)c1ccccc1. The molecule has 0 bridgehead atoms. The van der Waals surface area contributed by atoms with Crippen LogP contribution in [0.3, 0.4) is 0 Å². The Morgan fingerprint density at radius 3 is 2.36 bits per heavy atom. The lowest BCUT2D eigenvalue weighted by atomic mass is 10.1. The van der Waals surface area contributed by atoms with E-state index in [9.17, 15) is 9.90 Å². The molecule has 2 aromatic rings. The Bertz CT molecular complexity index is 602. The van der Waals surface area contributed by atoms with Crippen LogP contribution in [0.5, 0.6) is 0 Å². The Balaban J connectivity index is 1.81. The molecule has 4 N–H and O–H groups in total. The average molecular weight is 319 g/mol. The maximum atomic E-state index is 11.9. The molecular formula is C17H19ClN2O2. The van der Waals surface area contributed by atoms with Crippen LogP contribution in [-0.4, -0.2) is 17.6 Å². The summed E-state index contributed by atoms with van der Waals surface area (Å²) in [6.45, 7) is 0.330. The van der Waals surface area contributed by atoms with Gasteiger partial charge in [0.05, 0.1) is 12.5 Å². The molecule has 1 unspecified atom stereocenters. The van der Waals surface area contributed by atoms with E-state index in [1.807, 2.05) is 30.3 Å². The second kappa shape index (κ2) is 7.94. The van der Waals surface area contributed by atoms with Crippen LogP contribution in [0.1, 0.15) is 29.7 Å². The van der Waals surface area contributed by atoms with Crippen molar-refractivity contribution in [2.24, 2.45) is 5.73 Å². The van der Waals surface area contributed by atoms with Crippen molar-refractivity contribution in [1.29, 1.82) is 0 Å². The number of halogens is 1. The summed E-state index contributed by atoms with van der Waals surface area (Å²) in [6.07, 6.45) is -0.867. The molecular weight excluding hydrogens is 300 g/mol. The molecule has 0 spiro atoms. The number of hydrogen-bond acceptors (Lipinski definition) is 3. The Morgan fingerprint density at radius 2 is 1.73 bits per heavy atom. The van der Waals surface area contributed by atoms with Gasteiger partial charge in [-0.3, -0.25) is 4.79 Å². The highest BCUT2D eigenvalue weighted by Gasteiger charge is 2.14. The van der Waals surface area contributed by atoms with Gasteiger partial charge < -0.3 is 16.2 Å². The lowest BCUT2D eigenvalue weighted by Crippen LogP contribution is -2.32. The fourth-order valence-electron chi connectivity index (χ4n) is 2.09. The first kappa shape index (κ1) is 16.5. The fraction of sp³-hybridized carbons (Fsp3) is 0.235. The van der Waals surface area contributed by atoms with Crippen molar-refractivity contribution in [2.45, 2.75) is 18.6 Å². The predicted octanol–water partition coefficient (Wildman–Crippen LogP) is 2.58. The monoisotopic (exact) mass is 318 g/mol. The van der Waals surface area contributed by atoms with E-state index in [1.165, 1.54) is 0 Å². The number of aliphatic hydroxyl groups is 1. The number of amides is 1. The molecule has 0 aromatic heterocycles. The number of hydrogen-bond donors (Lipinski definition) is 3. The average Bonchev–Trinajstić information content (AvgIpc) is 2.54. The Kier molecular flexibility index (Phi) is 5.95. The van der Waals surface area contributed by atoms with Gasteiger partial charge in [0.2, 0.25) is 5.91 Å². The molecule has 4 nitrogen and oxygen atoms in total. The van der Waals surface area contributed by atoms with E-state index in [0.717, 1.165) is 5.56 Å². The zero-order chi connectivity index (χ0) is 15.9. The van der Waals surface area contributed by atoms with E-state index in [4.69, 9.17) is 17.3 Å². The zero-order valence-corrected chi connectivity index (χ0v) is 12.8. The third kappa shape index (κ3) is 4.84. The van der Waals surface area contributed by atoms with Gasteiger partial charge >= 0.3 is 0 Å². The molecule has 0 heterocycles. The van der Waals surface area contributed by atoms with E-state index in [0.29, 0.717) is 17.1 Å². The largest absolute Gasteiger partial charge is 0.388 e. The minimum absolute atomic E-state index is 0.0108. The number of aliphatic hydroxyl groups excluding tert-OH is 1. The van der Waals surface area contributed by atoms with Crippen LogP contribution in [0.25, 0.3) is 0 Å². The number of nitrogens with two attached hydrogens (primary N) is 1. The fourth-order valence-corrected chi connectivity index (χ4v) is 2.22. The summed E-state index contributed by atoms with van der Waals surface area (Å²) >= 11 is 5.79. The number of carbonyl (C=O) groups excluding carboxylic acids is 1. The highest BCUT2D eigenvalue weighted by molar-refractivity contribution is 6.30. The van der Waals surface area contributed by atoms with E-state index in [-0.39, 0.29) is 18.4 Å². The zero-order valence-electron chi connectivity index (χ0n) is 12.1. The number of nitrogens with one attached hydrogen (secondary N) is 1. The third-order valence-electron chi connectivity index (χ3n) is 3.38.